The molecule has 1 fully saturated rings. The Hall–Kier alpha value is -2.15. The molecule has 144 valence electrons. The SMILES string of the molecule is COc1cc(C(=O)Nc2cc(Cl)ccc2N2CCOCC2)cc(Cl)c1OC. The Balaban J connectivity index is 1.90. The van der Waals surface area contributed by atoms with Crippen LogP contribution in [-0.2, 0) is 4.74 Å². The lowest BCUT2D eigenvalue weighted by atomic mass is 10.1. The van der Waals surface area contributed by atoms with Crippen molar-refractivity contribution in [2.24, 2.45) is 0 Å². The smallest absolute Gasteiger partial charge is 0.255 e. The molecule has 2 aromatic rings. The highest BCUT2D eigenvalue weighted by Gasteiger charge is 2.19. The summed E-state index contributed by atoms with van der Waals surface area (Å²) in [5.74, 6) is 0.441. The quantitative estimate of drug-likeness (QED) is 0.803. The number of rotatable bonds is 5. The number of nitrogens with one attached hydrogen (secondary N) is 1. The first-order valence-electron chi connectivity index (χ1n) is 8.38. The predicted octanol–water partition coefficient (Wildman–Crippen LogP) is 4.10. The summed E-state index contributed by atoms with van der Waals surface area (Å²) in [4.78, 5) is 15.0. The summed E-state index contributed by atoms with van der Waals surface area (Å²) in [7, 11) is 2.98. The van der Waals surface area contributed by atoms with Gasteiger partial charge in [-0.2, -0.15) is 0 Å². The maximum absolute atomic E-state index is 12.8. The second-order valence-electron chi connectivity index (χ2n) is 5.91. The molecule has 0 aromatic heterocycles. The molecule has 1 heterocycles. The maximum atomic E-state index is 12.8. The van der Waals surface area contributed by atoms with Gasteiger partial charge in [-0.3, -0.25) is 4.79 Å². The van der Waals surface area contributed by atoms with Crippen LogP contribution in [0.5, 0.6) is 11.5 Å². The van der Waals surface area contributed by atoms with E-state index in [1.807, 2.05) is 6.07 Å². The zero-order chi connectivity index (χ0) is 19.4. The van der Waals surface area contributed by atoms with E-state index in [0.717, 1.165) is 18.8 Å². The van der Waals surface area contributed by atoms with Gasteiger partial charge in [0.2, 0.25) is 0 Å². The van der Waals surface area contributed by atoms with Gasteiger partial charge in [0.15, 0.2) is 11.5 Å². The predicted molar refractivity (Wildman–Crippen MR) is 107 cm³/mol. The van der Waals surface area contributed by atoms with E-state index in [0.29, 0.717) is 46.0 Å². The lowest BCUT2D eigenvalue weighted by Crippen LogP contribution is -2.36. The largest absolute Gasteiger partial charge is 0.493 e. The normalized spacial score (nSPS) is 14.0. The van der Waals surface area contributed by atoms with Crippen LogP contribution in [0, 0.1) is 0 Å². The Morgan fingerprint density at radius 1 is 1.11 bits per heavy atom. The van der Waals surface area contributed by atoms with Gasteiger partial charge in [-0.25, -0.2) is 0 Å². The number of anilines is 2. The molecular weight excluding hydrogens is 391 g/mol. The van der Waals surface area contributed by atoms with Gasteiger partial charge in [0, 0.05) is 23.7 Å². The molecule has 2 aromatic carbocycles. The molecule has 0 atom stereocenters. The maximum Gasteiger partial charge on any atom is 0.255 e. The number of ether oxygens (including phenoxy) is 3. The summed E-state index contributed by atoms with van der Waals surface area (Å²) in [6.07, 6.45) is 0. The number of amides is 1. The molecular formula is C19H20Cl2N2O4. The van der Waals surface area contributed by atoms with Crippen molar-refractivity contribution in [2.75, 3.05) is 50.7 Å². The average Bonchev–Trinajstić information content (AvgIpc) is 2.68. The molecule has 1 saturated heterocycles. The van der Waals surface area contributed by atoms with Gasteiger partial charge in [-0.15, -0.1) is 0 Å². The number of nitrogens with zero attached hydrogens (tertiary/aromatic N) is 1. The minimum atomic E-state index is -0.324. The fourth-order valence-corrected chi connectivity index (χ4v) is 3.39. The lowest BCUT2D eigenvalue weighted by Gasteiger charge is -2.30. The molecule has 0 spiro atoms. The molecule has 27 heavy (non-hydrogen) atoms. The summed E-state index contributed by atoms with van der Waals surface area (Å²) in [5.41, 5.74) is 1.87. The van der Waals surface area contributed by atoms with Crippen LogP contribution in [0.1, 0.15) is 10.4 Å². The van der Waals surface area contributed by atoms with Gasteiger partial charge in [0.25, 0.3) is 5.91 Å². The molecule has 3 rings (SSSR count). The van der Waals surface area contributed by atoms with Crippen LogP contribution in [0.4, 0.5) is 11.4 Å². The zero-order valence-corrected chi connectivity index (χ0v) is 16.6. The molecule has 0 radical (unpaired) electrons. The van der Waals surface area contributed by atoms with E-state index in [-0.39, 0.29) is 5.91 Å². The zero-order valence-electron chi connectivity index (χ0n) is 15.1. The highest BCUT2D eigenvalue weighted by Crippen LogP contribution is 2.37. The third-order valence-corrected chi connectivity index (χ3v) is 4.77. The van der Waals surface area contributed by atoms with Crippen molar-refractivity contribution < 1.29 is 19.0 Å². The van der Waals surface area contributed by atoms with Crippen LogP contribution in [0.25, 0.3) is 0 Å². The summed E-state index contributed by atoms with van der Waals surface area (Å²) in [5, 5.41) is 3.75. The van der Waals surface area contributed by atoms with Gasteiger partial charge in [0.05, 0.1) is 43.8 Å². The van der Waals surface area contributed by atoms with Crippen LogP contribution >= 0.6 is 23.2 Å². The van der Waals surface area contributed by atoms with Crippen molar-refractivity contribution in [3.05, 3.63) is 45.9 Å². The summed E-state index contributed by atoms with van der Waals surface area (Å²) in [6, 6.07) is 8.54. The van der Waals surface area contributed by atoms with Crippen molar-refractivity contribution in [3.8, 4) is 11.5 Å². The van der Waals surface area contributed by atoms with Crippen LogP contribution in [-0.4, -0.2) is 46.4 Å². The Bertz CT molecular complexity index is 839. The van der Waals surface area contributed by atoms with Crippen LogP contribution in [0.3, 0.4) is 0 Å². The third kappa shape index (κ3) is 4.40. The van der Waals surface area contributed by atoms with Gasteiger partial charge in [-0.1, -0.05) is 23.2 Å². The Morgan fingerprint density at radius 3 is 2.52 bits per heavy atom. The van der Waals surface area contributed by atoms with E-state index in [4.69, 9.17) is 37.4 Å². The van der Waals surface area contributed by atoms with E-state index >= 15 is 0 Å². The molecule has 0 saturated carbocycles. The minimum absolute atomic E-state index is 0.293. The van der Waals surface area contributed by atoms with Crippen molar-refractivity contribution in [3.63, 3.8) is 0 Å². The van der Waals surface area contributed by atoms with Gasteiger partial charge in [-0.05, 0) is 30.3 Å². The molecule has 0 aliphatic carbocycles. The van der Waals surface area contributed by atoms with E-state index in [9.17, 15) is 4.79 Å². The summed E-state index contributed by atoms with van der Waals surface area (Å²) in [6.45, 7) is 2.77. The standard InChI is InChI=1S/C19H20Cl2N2O4/c1-25-17-10-12(9-14(21)18(17)26-2)19(24)22-15-11-13(20)3-4-16(15)23-5-7-27-8-6-23/h3-4,9-11H,5-8H2,1-2H3,(H,22,24). The monoisotopic (exact) mass is 410 g/mol. The van der Waals surface area contributed by atoms with E-state index in [1.54, 1.807) is 18.2 Å². The average molecular weight is 411 g/mol. The minimum Gasteiger partial charge on any atom is -0.493 e. The van der Waals surface area contributed by atoms with Crippen molar-refractivity contribution in [2.45, 2.75) is 0 Å². The van der Waals surface area contributed by atoms with Crippen LogP contribution < -0.4 is 19.7 Å². The van der Waals surface area contributed by atoms with E-state index in [1.165, 1.54) is 20.3 Å². The highest BCUT2D eigenvalue weighted by atomic mass is 35.5. The molecule has 0 bridgehead atoms. The van der Waals surface area contributed by atoms with Crippen LogP contribution in [0.15, 0.2) is 30.3 Å². The summed E-state index contributed by atoms with van der Waals surface area (Å²) >= 11 is 12.4. The number of morpholine rings is 1. The highest BCUT2D eigenvalue weighted by molar-refractivity contribution is 6.33. The van der Waals surface area contributed by atoms with E-state index in [2.05, 4.69) is 10.2 Å². The number of carbonyl (C=O) groups is 1. The molecule has 0 unspecified atom stereocenters. The first kappa shape index (κ1) is 19.6. The van der Waals surface area contributed by atoms with Crippen LogP contribution in [0.2, 0.25) is 10.0 Å². The number of benzene rings is 2. The molecule has 1 amide bonds. The lowest BCUT2D eigenvalue weighted by molar-refractivity contribution is 0.102. The fourth-order valence-electron chi connectivity index (χ4n) is 2.93. The Labute approximate surface area is 167 Å². The second-order valence-corrected chi connectivity index (χ2v) is 6.75. The van der Waals surface area contributed by atoms with E-state index < -0.39 is 0 Å². The van der Waals surface area contributed by atoms with Crippen molar-refractivity contribution in [1.29, 1.82) is 0 Å². The molecule has 8 heteroatoms. The molecule has 1 N–H and O–H groups in total. The Morgan fingerprint density at radius 2 is 1.85 bits per heavy atom. The van der Waals surface area contributed by atoms with Gasteiger partial charge >= 0.3 is 0 Å². The summed E-state index contributed by atoms with van der Waals surface area (Å²) < 4.78 is 15.9. The number of carbonyl (C=O) groups excluding carboxylic acids is 1. The number of hydrogen-bond acceptors (Lipinski definition) is 5. The number of methoxy groups -OCH3 is 2. The molecule has 1 aliphatic heterocycles. The van der Waals surface area contributed by atoms with Crippen molar-refractivity contribution >= 4 is 40.5 Å². The first-order valence-corrected chi connectivity index (χ1v) is 9.14. The Kier molecular flexibility index (Phi) is 6.31. The fraction of sp³-hybridized carbons (Fsp3) is 0.316. The molecule has 6 nitrogen and oxygen atoms in total. The third-order valence-electron chi connectivity index (χ3n) is 4.25. The number of hydrogen-bond donors (Lipinski definition) is 1. The second kappa shape index (κ2) is 8.69. The van der Waals surface area contributed by atoms with Gasteiger partial charge in [0.1, 0.15) is 0 Å². The topological polar surface area (TPSA) is 60.0 Å². The number of halogens is 2. The van der Waals surface area contributed by atoms with Crippen molar-refractivity contribution in [1.82, 2.24) is 0 Å². The molecule has 1 aliphatic rings. The first-order chi connectivity index (χ1) is 13.0. The van der Waals surface area contributed by atoms with Gasteiger partial charge < -0.3 is 24.4 Å².